The summed E-state index contributed by atoms with van der Waals surface area (Å²) in [4.78, 5) is 1.03. The Bertz CT molecular complexity index is 425. The van der Waals surface area contributed by atoms with E-state index in [1.165, 1.54) is 11.5 Å². The van der Waals surface area contributed by atoms with Crippen molar-refractivity contribution in [1.29, 1.82) is 0 Å². The number of aromatic nitrogens is 1. The van der Waals surface area contributed by atoms with Gasteiger partial charge in [-0.05, 0) is 35.3 Å². The van der Waals surface area contributed by atoms with Crippen LogP contribution in [0.1, 0.15) is 0 Å². The van der Waals surface area contributed by atoms with E-state index in [2.05, 4.69) is 4.37 Å². The van der Waals surface area contributed by atoms with Gasteiger partial charge in [0.15, 0.2) is 0 Å². The third kappa shape index (κ3) is 2.02. The van der Waals surface area contributed by atoms with Gasteiger partial charge in [-0.2, -0.15) is 4.37 Å². The van der Waals surface area contributed by atoms with E-state index >= 15 is 0 Å². The smallest absolute Gasteiger partial charge is 0.143 e. The van der Waals surface area contributed by atoms with Crippen LogP contribution in [0.2, 0.25) is 10.2 Å². The number of rotatable bonds is 1. The SMILES string of the molecule is Clc1cccc(-c2cc(Cl)ns2)c1. The normalized spacial score (nSPS) is 10.3. The molecule has 1 aromatic carbocycles. The Kier molecular flexibility index (Phi) is 2.54. The zero-order valence-electron chi connectivity index (χ0n) is 6.50. The molecular weight excluding hydrogens is 225 g/mol. The lowest BCUT2D eigenvalue weighted by Gasteiger charge is -1.95. The Hall–Kier alpha value is -0.570. The van der Waals surface area contributed by atoms with Crippen molar-refractivity contribution in [2.75, 3.05) is 0 Å². The highest BCUT2D eigenvalue weighted by atomic mass is 35.5. The lowest BCUT2D eigenvalue weighted by atomic mass is 10.2. The summed E-state index contributed by atoms with van der Waals surface area (Å²) < 4.78 is 3.99. The summed E-state index contributed by atoms with van der Waals surface area (Å²) >= 11 is 12.9. The molecule has 0 aliphatic rings. The maximum Gasteiger partial charge on any atom is 0.143 e. The van der Waals surface area contributed by atoms with E-state index in [9.17, 15) is 0 Å². The van der Waals surface area contributed by atoms with Gasteiger partial charge in [0.25, 0.3) is 0 Å². The van der Waals surface area contributed by atoms with E-state index in [1.54, 1.807) is 0 Å². The van der Waals surface area contributed by atoms with E-state index in [4.69, 9.17) is 23.2 Å². The van der Waals surface area contributed by atoms with Gasteiger partial charge in [0.1, 0.15) is 5.15 Å². The predicted molar refractivity (Wildman–Crippen MR) is 57.6 cm³/mol. The topological polar surface area (TPSA) is 12.9 Å². The third-order valence-electron chi connectivity index (χ3n) is 1.59. The zero-order chi connectivity index (χ0) is 9.26. The molecule has 2 aromatic rings. The summed E-state index contributed by atoms with van der Waals surface area (Å²) in [7, 11) is 0. The van der Waals surface area contributed by atoms with E-state index in [0.717, 1.165) is 15.5 Å². The summed E-state index contributed by atoms with van der Waals surface area (Å²) in [6.07, 6.45) is 0. The monoisotopic (exact) mass is 229 g/mol. The Labute approximate surface area is 90.1 Å². The highest BCUT2D eigenvalue weighted by molar-refractivity contribution is 7.09. The molecule has 0 spiro atoms. The van der Waals surface area contributed by atoms with Gasteiger partial charge in [0.2, 0.25) is 0 Å². The molecule has 13 heavy (non-hydrogen) atoms. The van der Waals surface area contributed by atoms with Crippen LogP contribution in [-0.4, -0.2) is 4.37 Å². The van der Waals surface area contributed by atoms with Gasteiger partial charge in [-0.3, -0.25) is 0 Å². The number of hydrogen-bond donors (Lipinski definition) is 0. The molecule has 4 heteroatoms. The molecule has 2 rings (SSSR count). The van der Waals surface area contributed by atoms with Crippen LogP contribution in [0.3, 0.4) is 0 Å². The summed E-state index contributed by atoms with van der Waals surface area (Å²) in [6.45, 7) is 0. The zero-order valence-corrected chi connectivity index (χ0v) is 8.83. The molecule has 0 aliphatic heterocycles. The van der Waals surface area contributed by atoms with Crippen LogP contribution in [0.15, 0.2) is 30.3 Å². The van der Waals surface area contributed by atoms with Crippen molar-refractivity contribution in [2.45, 2.75) is 0 Å². The van der Waals surface area contributed by atoms with Gasteiger partial charge in [0.05, 0.1) is 4.88 Å². The first-order chi connectivity index (χ1) is 6.25. The van der Waals surface area contributed by atoms with E-state index in [0.29, 0.717) is 5.15 Å². The predicted octanol–water partition coefficient (Wildman–Crippen LogP) is 4.12. The fourth-order valence-corrected chi connectivity index (χ4v) is 2.13. The van der Waals surface area contributed by atoms with Crippen LogP contribution in [0, 0.1) is 0 Å². The van der Waals surface area contributed by atoms with Crippen molar-refractivity contribution >= 4 is 34.7 Å². The average Bonchev–Trinajstić information content (AvgIpc) is 2.52. The molecule has 0 aliphatic carbocycles. The molecule has 0 atom stereocenters. The molecule has 1 aromatic heterocycles. The Morgan fingerprint density at radius 3 is 2.62 bits per heavy atom. The maximum absolute atomic E-state index is 5.85. The Morgan fingerprint density at radius 2 is 2.00 bits per heavy atom. The minimum atomic E-state index is 0.528. The molecule has 0 unspecified atom stereocenters. The lowest BCUT2D eigenvalue weighted by molar-refractivity contribution is 1.58. The van der Waals surface area contributed by atoms with Crippen LogP contribution >= 0.6 is 34.7 Å². The first-order valence-electron chi connectivity index (χ1n) is 3.64. The van der Waals surface area contributed by atoms with Crippen molar-refractivity contribution in [3.8, 4) is 10.4 Å². The highest BCUT2D eigenvalue weighted by Crippen LogP contribution is 2.28. The molecule has 0 amide bonds. The molecular formula is C9H5Cl2NS. The van der Waals surface area contributed by atoms with Crippen LogP contribution in [0.5, 0.6) is 0 Å². The van der Waals surface area contributed by atoms with E-state index < -0.39 is 0 Å². The lowest BCUT2D eigenvalue weighted by Crippen LogP contribution is -1.70. The summed E-state index contributed by atoms with van der Waals surface area (Å²) in [5, 5.41) is 1.25. The van der Waals surface area contributed by atoms with Gasteiger partial charge >= 0.3 is 0 Å². The van der Waals surface area contributed by atoms with Gasteiger partial charge in [-0.15, -0.1) is 0 Å². The summed E-state index contributed by atoms with van der Waals surface area (Å²) in [6, 6.07) is 9.46. The highest BCUT2D eigenvalue weighted by Gasteiger charge is 2.02. The van der Waals surface area contributed by atoms with Gasteiger partial charge in [0, 0.05) is 5.02 Å². The van der Waals surface area contributed by atoms with Gasteiger partial charge in [-0.25, -0.2) is 0 Å². The first kappa shape index (κ1) is 9.00. The van der Waals surface area contributed by atoms with Crippen molar-refractivity contribution < 1.29 is 0 Å². The number of hydrogen-bond acceptors (Lipinski definition) is 2. The summed E-state index contributed by atoms with van der Waals surface area (Å²) in [5.41, 5.74) is 1.05. The van der Waals surface area contributed by atoms with Gasteiger partial charge < -0.3 is 0 Å². The minimum absolute atomic E-state index is 0.528. The number of nitrogens with zero attached hydrogens (tertiary/aromatic N) is 1. The maximum atomic E-state index is 5.85. The second kappa shape index (κ2) is 3.66. The Balaban J connectivity index is 2.46. The van der Waals surface area contributed by atoms with Crippen molar-refractivity contribution in [1.82, 2.24) is 4.37 Å². The molecule has 0 bridgehead atoms. The molecule has 1 nitrogen and oxygen atoms in total. The second-order valence-corrected chi connectivity index (χ2v) is 4.15. The minimum Gasteiger partial charge on any atom is -0.180 e. The molecule has 1 heterocycles. The van der Waals surface area contributed by atoms with Crippen molar-refractivity contribution in [2.24, 2.45) is 0 Å². The van der Waals surface area contributed by atoms with Crippen LogP contribution in [0.4, 0.5) is 0 Å². The number of halogens is 2. The molecule has 0 N–H and O–H groups in total. The van der Waals surface area contributed by atoms with E-state index in [-0.39, 0.29) is 0 Å². The quantitative estimate of drug-likeness (QED) is 0.718. The van der Waals surface area contributed by atoms with Gasteiger partial charge in [-0.1, -0.05) is 35.3 Å². The average molecular weight is 230 g/mol. The summed E-state index contributed by atoms with van der Waals surface area (Å²) in [5.74, 6) is 0. The molecule has 66 valence electrons. The van der Waals surface area contributed by atoms with Crippen LogP contribution < -0.4 is 0 Å². The molecule has 0 radical (unpaired) electrons. The van der Waals surface area contributed by atoms with E-state index in [1.807, 2.05) is 30.3 Å². The molecule has 0 saturated carbocycles. The fourth-order valence-electron chi connectivity index (χ4n) is 1.03. The van der Waals surface area contributed by atoms with Crippen LogP contribution in [-0.2, 0) is 0 Å². The largest absolute Gasteiger partial charge is 0.180 e. The van der Waals surface area contributed by atoms with Crippen LogP contribution in [0.25, 0.3) is 10.4 Å². The fraction of sp³-hybridized carbons (Fsp3) is 0. The molecule has 0 fully saturated rings. The standard InChI is InChI=1S/C9H5Cl2NS/c10-7-3-1-2-6(4-7)8-5-9(11)12-13-8/h1-5H. The van der Waals surface area contributed by atoms with Crippen molar-refractivity contribution in [3.63, 3.8) is 0 Å². The number of benzene rings is 1. The second-order valence-electron chi connectivity index (χ2n) is 2.52. The Morgan fingerprint density at radius 1 is 1.15 bits per heavy atom. The first-order valence-corrected chi connectivity index (χ1v) is 5.17. The van der Waals surface area contributed by atoms with Crippen molar-refractivity contribution in [3.05, 3.63) is 40.5 Å². The molecule has 0 saturated heterocycles. The third-order valence-corrected chi connectivity index (χ3v) is 2.96.